The Morgan fingerprint density at radius 2 is 1.83 bits per heavy atom. The van der Waals surface area contributed by atoms with Crippen LogP contribution < -0.4 is 10.5 Å². The summed E-state index contributed by atoms with van der Waals surface area (Å²) in [6, 6.07) is 8.82. The summed E-state index contributed by atoms with van der Waals surface area (Å²) >= 11 is 11.9. The molecule has 1 N–H and O–H groups in total. The van der Waals surface area contributed by atoms with Crippen LogP contribution in [0.2, 0.25) is 10.0 Å². The van der Waals surface area contributed by atoms with Gasteiger partial charge < -0.3 is 4.42 Å². The molecule has 24 heavy (non-hydrogen) atoms. The fourth-order valence-electron chi connectivity index (χ4n) is 2.30. The van der Waals surface area contributed by atoms with Gasteiger partial charge in [0.15, 0.2) is 5.58 Å². The molecular formula is C15H12Cl2N2O4S. The molecule has 0 amide bonds. The first-order valence-electron chi connectivity index (χ1n) is 6.93. The molecular weight excluding hydrogens is 375 g/mol. The zero-order valence-corrected chi connectivity index (χ0v) is 14.7. The molecule has 0 atom stereocenters. The number of sulfonamides is 1. The van der Waals surface area contributed by atoms with E-state index >= 15 is 0 Å². The summed E-state index contributed by atoms with van der Waals surface area (Å²) in [4.78, 5) is 11.6. The average molecular weight is 387 g/mol. The lowest BCUT2D eigenvalue weighted by Gasteiger charge is -2.10. The van der Waals surface area contributed by atoms with E-state index in [1.54, 1.807) is 19.1 Å². The van der Waals surface area contributed by atoms with Crippen LogP contribution in [0.3, 0.4) is 0 Å². The summed E-state index contributed by atoms with van der Waals surface area (Å²) in [6.45, 7) is 2.16. The smallest absolute Gasteiger partial charge is 0.408 e. The van der Waals surface area contributed by atoms with E-state index in [1.165, 1.54) is 28.8 Å². The maximum Gasteiger partial charge on any atom is 0.419 e. The summed E-state index contributed by atoms with van der Waals surface area (Å²) in [5.41, 5.74) is 0.934. The number of halogens is 2. The van der Waals surface area contributed by atoms with E-state index in [0.29, 0.717) is 22.8 Å². The molecule has 0 aliphatic rings. The largest absolute Gasteiger partial charge is 0.419 e. The van der Waals surface area contributed by atoms with Gasteiger partial charge >= 0.3 is 5.76 Å². The normalized spacial score (nSPS) is 11.8. The molecule has 126 valence electrons. The number of nitrogens with one attached hydrogen (secondary N) is 1. The molecule has 0 fully saturated rings. The summed E-state index contributed by atoms with van der Waals surface area (Å²) < 4.78 is 34.0. The molecule has 3 rings (SSSR count). The molecule has 0 unspecified atom stereocenters. The number of oxazole rings is 1. The van der Waals surface area contributed by atoms with Gasteiger partial charge in [-0.1, -0.05) is 23.2 Å². The zero-order chi connectivity index (χ0) is 17.5. The molecule has 0 aliphatic carbocycles. The maximum atomic E-state index is 12.6. The molecule has 6 nitrogen and oxygen atoms in total. The summed E-state index contributed by atoms with van der Waals surface area (Å²) in [5, 5.41) is 0.479. The minimum atomic E-state index is -3.95. The minimum absolute atomic E-state index is 0.00744. The Morgan fingerprint density at radius 3 is 2.46 bits per heavy atom. The molecule has 9 heteroatoms. The second kappa shape index (κ2) is 6.16. The van der Waals surface area contributed by atoms with Gasteiger partial charge in [-0.05, 0) is 37.3 Å². The number of hydrogen-bond acceptors (Lipinski definition) is 4. The van der Waals surface area contributed by atoms with E-state index in [0.717, 1.165) is 0 Å². The minimum Gasteiger partial charge on any atom is -0.408 e. The molecule has 3 aromatic rings. The first-order chi connectivity index (χ1) is 11.3. The van der Waals surface area contributed by atoms with E-state index in [1.807, 2.05) is 0 Å². The Hall–Kier alpha value is -1.96. The predicted octanol–water partition coefficient (Wildman–Crippen LogP) is 3.72. The number of hydrogen-bond donors (Lipinski definition) is 1. The van der Waals surface area contributed by atoms with Crippen molar-refractivity contribution in [3.05, 3.63) is 57.0 Å². The van der Waals surface area contributed by atoms with Gasteiger partial charge in [-0.15, -0.1) is 0 Å². The van der Waals surface area contributed by atoms with Crippen molar-refractivity contribution in [2.24, 2.45) is 0 Å². The molecule has 0 spiro atoms. The van der Waals surface area contributed by atoms with Crippen LogP contribution in [-0.4, -0.2) is 13.0 Å². The van der Waals surface area contributed by atoms with Gasteiger partial charge in [-0.2, -0.15) is 0 Å². The molecule has 2 aromatic carbocycles. The fourth-order valence-corrected chi connectivity index (χ4v) is 4.02. The number of nitrogens with zero attached hydrogens (tertiary/aromatic N) is 1. The van der Waals surface area contributed by atoms with Crippen molar-refractivity contribution in [2.75, 3.05) is 4.72 Å². The monoisotopic (exact) mass is 386 g/mol. The van der Waals surface area contributed by atoms with E-state index < -0.39 is 15.8 Å². The van der Waals surface area contributed by atoms with Crippen LogP contribution in [0.4, 0.5) is 5.69 Å². The van der Waals surface area contributed by atoms with Crippen molar-refractivity contribution in [3.63, 3.8) is 0 Å². The highest BCUT2D eigenvalue weighted by Gasteiger charge is 2.21. The number of benzene rings is 2. The topological polar surface area (TPSA) is 81.3 Å². The van der Waals surface area contributed by atoms with Gasteiger partial charge in [-0.3, -0.25) is 9.29 Å². The lowest BCUT2D eigenvalue weighted by Crippen LogP contribution is -2.14. The lowest BCUT2D eigenvalue weighted by atomic mass is 10.3. The summed E-state index contributed by atoms with van der Waals surface area (Å²) in [7, 11) is -3.95. The first-order valence-corrected chi connectivity index (χ1v) is 9.17. The highest BCUT2D eigenvalue weighted by Crippen LogP contribution is 2.29. The Morgan fingerprint density at radius 1 is 1.17 bits per heavy atom. The SMILES string of the molecule is CCn1c(=O)oc2cc(S(=O)(=O)Nc3ccc(Cl)cc3)c(Cl)cc21. The van der Waals surface area contributed by atoms with E-state index in [-0.39, 0.29) is 15.5 Å². The first kappa shape index (κ1) is 16.9. The third-order valence-corrected chi connectivity index (χ3v) is 5.52. The van der Waals surface area contributed by atoms with Crippen molar-refractivity contribution in [1.82, 2.24) is 4.57 Å². The van der Waals surface area contributed by atoms with Gasteiger partial charge in [0.25, 0.3) is 10.0 Å². The standard InChI is InChI=1S/C15H12Cl2N2O4S/c1-2-19-12-7-11(17)14(8-13(12)23-15(19)20)24(21,22)18-10-5-3-9(16)4-6-10/h3-8,18H,2H2,1H3. The Labute approximate surface area is 147 Å². The number of aryl methyl sites for hydroxylation is 1. The van der Waals surface area contributed by atoms with E-state index in [9.17, 15) is 13.2 Å². The molecule has 0 bridgehead atoms. The number of fused-ring (bicyclic) bond motifs is 1. The molecule has 1 aromatic heterocycles. The van der Waals surface area contributed by atoms with Crippen molar-refractivity contribution in [3.8, 4) is 0 Å². The van der Waals surface area contributed by atoms with E-state index in [4.69, 9.17) is 27.6 Å². The van der Waals surface area contributed by atoms with Gasteiger partial charge in [0, 0.05) is 23.3 Å². The molecule has 0 aliphatic heterocycles. The second-order valence-electron chi connectivity index (χ2n) is 4.97. The molecule has 0 saturated carbocycles. The van der Waals surface area contributed by atoms with Crippen molar-refractivity contribution in [2.45, 2.75) is 18.4 Å². The third-order valence-electron chi connectivity index (χ3n) is 3.42. The Kier molecular flexibility index (Phi) is 4.33. The van der Waals surface area contributed by atoms with E-state index in [2.05, 4.69) is 4.72 Å². The third kappa shape index (κ3) is 3.02. The van der Waals surface area contributed by atoms with Crippen molar-refractivity contribution in [1.29, 1.82) is 0 Å². The molecule has 1 heterocycles. The second-order valence-corrected chi connectivity index (χ2v) is 7.47. The van der Waals surface area contributed by atoms with Gasteiger partial charge in [0.2, 0.25) is 0 Å². The van der Waals surface area contributed by atoms with Crippen LogP contribution in [-0.2, 0) is 16.6 Å². The highest BCUT2D eigenvalue weighted by molar-refractivity contribution is 7.92. The molecule has 0 saturated heterocycles. The number of rotatable bonds is 4. The van der Waals surface area contributed by atoms with Crippen LogP contribution in [0.25, 0.3) is 11.1 Å². The van der Waals surface area contributed by atoms with Gasteiger partial charge in [-0.25, -0.2) is 13.2 Å². The number of anilines is 1. The van der Waals surface area contributed by atoms with Crippen LogP contribution in [0.15, 0.2) is 50.5 Å². The number of aromatic nitrogens is 1. The summed E-state index contributed by atoms with van der Waals surface area (Å²) in [6.07, 6.45) is 0. The highest BCUT2D eigenvalue weighted by atomic mass is 35.5. The van der Waals surface area contributed by atoms with Gasteiger partial charge in [0.05, 0.1) is 10.5 Å². The quantitative estimate of drug-likeness (QED) is 0.740. The summed E-state index contributed by atoms with van der Waals surface area (Å²) in [5.74, 6) is -0.566. The van der Waals surface area contributed by atoms with Crippen LogP contribution in [0, 0.1) is 0 Å². The zero-order valence-electron chi connectivity index (χ0n) is 12.4. The lowest BCUT2D eigenvalue weighted by molar-refractivity contribution is 0.512. The predicted molar refractivity (Wildman–Crippen MR) is 93.4 cm³/mol. The Bertz CT molecular complexity index is 1070. The van der Waals surface area contributed by atoms with Crippen LogP contribution in [0.1, 0.15) is 6.92 Å². The maximum absolute atomic E-state index is 12.6. The van der Waals surface area contributed by atoms with Crippen molar-refractivity contribution < 1.29 is 12.8 Å². The Balaban J connectivity index is 2.09. The molecule has 0 radical (unpaired) electrons. The van der Waals surface area contributed by atoms with Crippen LogP contribution in [0.5, 0.6) is 0 Å². The van der Waals surface area contributed by atoms with Crippen LogP contribution >= 0.6 is 23.2 Å². The van der Waals surface area contributed by atoms with Gasteiger partial charge in [0.1, 0.15) is 4.90 Å². The van der Waals surface area contributed by atoms with Crippen molar-refractivity contribution >= 4 is 50.0 Å². The fraction of sp³-hybridized carbons (Fsp3) is 0.133. The average Bonchev–Trinajstić information content (AvgIpc) is 2.82.